The van der Waals surface area contributed by atoms with Gasteiger partial charge in [-0.25, -0.2) is 4.98 Å². The van der Waals surface area contributed by atoms with Crippen LogP contribution in [0.2, 0.25) is 5.02 Å². The molecule has 3 rings (SSSR count). The minimum absolute atomic E-state index is 0.318. The Morgan fingerprint density at radius 2 is 2.11 bits per heavy atom. The predicted molar refractivity (Wildman–Crippen MR) is 115 cm³/mol. The number of rotatable bonds is 8. The normalized spacial score (nSPS) is 18.9. The molecule has 5 nitrogen and oxygen atoms in total. The van der Waals surface area contributed by atoms with Crippen LogP contribution in [0.25, 0.3) is 11.1 Å². The van der Waals surface area contributed by atoms with Crippen LogP contribution in [0, 0.1) is 5.92 Å². The first-order valence-corrected chi connectivity index (χ1v) is 10.2. The molecule has 0 radical (unpaired) electrons. The largest absolute Gasteiger partial charge is 0.490 e. The number of hydrogen-bond acceptors (Lipinski definition) is 5. The highest BCUT2D eigenvalue weighted by Crippen LogP contribution is 2.32. The van der Waals surface area contributed by atoms with E-state index in [0.29, 0.717) is 29.3 Å². The van der Waals surface area contributed by atoms with Crippen molar-refractivity contribution in [3.05, 3.63) is 41.6 Å². The highest BCUT2D eigenvalue weighted by molar-refractivity contribution is 6.32. The van der Waals surface area contributed by atoms with Crippen molar-refractivity contribution in [1.29, 1.82) is 0 Å². The molecule has 1 aliphatic heterocycles. The van der Waals surface area contributed by atoms with Crippen LogP contribution >= 0.6 is 11.6 Å². The number of nitrogens with one attached hydrogen (secondary N) is 1. The molecular formula is C22H30ClN3O2. The van der Waals surface area contributed by atoms with E-state index >= 15 is 0 Å². The summed E-state index contributed by atoms with van der Waals surface area (Å²) in [6.07, 6.45) is 3.69. The summed E-state index contributed by atoms with van der Waals surface area (Å²) in [6, 6.07) is 10.2. The van der Waals surface area contributed by atoms with Crippen LogP contribution in [-0.2, 0) is 4.74 Å². The van der Waals surface area contributed by atoms with Crippen LogP contribution in [0.1, 0.15) is 33.6 Å². The molecule has 0 saturated carbocycles. The van der Waals surface area contributed by atoms with E-state index in [1.54, 1.807) is 6.20 Å². The first-order chi connectivity index (χ1) is 13.3. The lowest BCUT2D eigenvalue weighted by Crippen LogP contribution is -2.43. The Kier molecular flexibility index (Phi) is 6.81. The van der Waals surface area contributed by atoms with Gasteiger partial charge in [-0.2, -0.15) is 0 Å². The number of nitrogens with two attached hydrogens (primary N) is 1. The number of pyridine rings is 1. The highest BCUT2D eigenvalue weighted by Gasteiger charge is 2.21. The Balaban J connectivity index is 1.68. The SMILES string of the molecule is CC(C)CC(C)(N)COc1ccc(-c2ccnc(NC3CCOC3)c2)cc1Cl. The Bertz CT molecular complexity index is 789. The van der Waals surface area contributed by atoms with E-state index in [1.807, 2.05) is 37.3 Å². The number of benzene rings is 1. The molecule has 0 aliphatic carbocycles. The van der Waals surface area contributed by atoms with Crippen molar-refractivity contribution in [1.82, 2.24) is 4.98 Å². The minimum Gasteiger partial charge on any atom is -0.490 e. The van der Waals surface area contributed by atoms with Gasteiger partial charge in [-0.15, -0.1) is 0 Å². The summed E-state index contributed by atoms with van der Waals surface area (Å²) in [5, 5.41) is 4.00. The van der Waals surface area contributed by atoms with Crippen molar-refractivity contribution in [2.24, 2.45) is 11.7 Å². The Morgan fingerprint density at radius 3 is 2.79 bits per heavy atom. The standard InChI is InChI=1S/C22H30ClN3O2/c1-15(2)12-22(3,24)14-28-20-5-4-16(10-19(20)23)17-6-8-25-21(11-17)26-18-7-9-27-13-18/h4-6,8,10-11,15,18H,7,9,12-14,24H2,1-3H3,(H,25,26). The van der Waals surface area contributed by atoms with Gasteiger partial charge in [0.15, 0.2) is 0 Å². The topological polar surface area (TPSA) is 69.4 Å². The second-order valence-electron chi connectivity index (χ2n) is 8.32. The van der Waals surface area contributed by atoms with E-state index in [9.17, 15) is 0 Å². The third-order valence-electron chi connectivity index (χ3n) is 4.74. The average Bonchev–Trinajstić information content (AvgIpc) is 3.13. The molecular weight excluding hydrogens is 374 g/mol. The molecule has 1 fully saturated rings. The van der Waals surface area contributed by atoms with E-state index in [-0.39, 0.29) is 5.54 Å². The average molecular weight is 404 g/mol. The zero-order valence-corrected chi connectivity index (χ0v) is 17.6. The number of halogens is 1. The zero-order chi connectivity index (χ0) is 20.1. The van der Waals surface area contributed by atoms with Gasteiger partial charge in [0, 0.05) is 18.3 Å². The molecule has 2 unspecified atom stereocenters. The maximum atomic E-state index is 6.48. The van der Waals surface area contributed by atoms with Crippen LogP contribution in [-0.4, -0.2) is 36.4 Å². The van der Waals surface area contributed by atoms with Gasteiger partial charge in [0.2, 0.25) is 0 Å². The van der Waals surface area contributed by atoms with Crippen LogP contribution in [0.5, 0.6) is 5.75 Å². The summed E-state index contributed by atoms with van der Waals surface area (Å²) in [7, 11) is 0. The molecule has 0 amide bonds. The third-order valence-corrected chi connectivity index (χ3v) is 5.03. The predicted octanol–water partition coefficient (Wildman–Crippen LogP) is 4.75. The van der Waals surface area contributed by atoms with Crippen molar-refractivity contribution >= 4 is 17.4 Å². The molecule has 0 spiro atoms. The van der Waals surface area contributed by atoms with Crippen molar-refractivity contribution in [3.8, 4) is 16.9 Å². The van der Waals surface area contributed by atoms with Crippen molar-refractivity contribution in [2.45, 2.75) is 45.2 Å². The van der Waals surface area contributed by atoms with Crippen LogP contribution in [0.4, 0.5) is 5.82 Å². The van der Waals surface area contributed by atoms with Gasteiger partial charge in [0.05, 0.1) is 17.7 Å². The molecule has 1 aliphatic rings. The second kappa shape index (κ2) is 9.12. The molecule has 2 aromatic rings. The molecule has 28 heavy (non-hydrogen) atoms. The number of anilines is 1. The summed E-state index contributed by atoms with van der Waals surface area (Å²) >= 11 is 6.48. The summed E-state index contributed by atoms with van der Waals surface area (Å²) in [4.78, 5) is 4.41. The van der Waals surface area contributed by atoms with Crippen molar-refractivity contribution in [3.63, 3.8) is 0 Å². The van der Waals surface area contributed by atoms with Gasteiger partial charge in [-0.3, -0.25) is 0 Å². The molecule has 2 atom stereocenters. The fourth-order valence-electron chi connectivity index (χ4n) is 3.58. The van der Waals surface area contributed by atoms with Gasteiger partial charge < -0.3 is 20.5 Å². The lowest BCUT2D eigenvalue weighted by Gasteiger charge is -2.26. The van der Waals surface area contributed by atoms with Gasteiger partial charge in [0.25, 0.3) is 0 Å². The second-order valence-corrected chi connectivity index (χ2v) is 8.73. The van der Waals surface area contributed by atoms with Crippen molar-refractivity contribution in [2.75, 3.05) is 25.1 Å². The van der Waals surface area contributed by atoms with Gasteiger partial charge in [-0.05, 0) is 61.1 Å². The summed E-state index contributed by atoms with van der Waals surface area (Å²) in [6.45, 7) is 8.27. The van der Waals surface area contributed by atoms with Gasteiger partial charge >= 0.3 is 0 Å². The molecule has 1 saturated heterocycles. The van der Waals surface area contributed by atoms with Gasteiger partial charge in [0.1, 0.15) is 18.2 Å². The summed E-state index contributed by atoms with van der Waals surface area (Å²) in [5.41, 5.74) is 8.01. The van der Waals surface area contributed by atoms with Crippen LogP contribution < -0.4 is 15.8 Å². The fourth-order valence-corrected chi connectivity index (χ4v) is 3.81. The molecule has 2 heterocycles. The van der Waals surface area contributed by atoms with Crippen LogP contribution in [0.3, 0.4) is 0 Å². The van der Waals surface area contributed by atoms with E-state index in [0.717, 1.165) is 43.0 Å². The monoisotopic (exact) mass is 403 g/mol. The molecule has 152 valence electrons. The number of aromatic nitrogens is 1. The zero-order valence-electron chi connectivity index (χ0n) is 16.9. The lowest BCUT2D eigenvalue weighted by molar-refractivity contribution is 0.195. The summed E-state index contributed by atoms with van der Waals surface area (Å²) in [5.74, 6) is 2.01. The quantitative estimate of drug-likeness (QED) is 0.665. The maximum Gasteiger partial charge on any atom is 0.138 e. The Labute approximate surface area is 172 Å². The van der Waals surface area contributed by atoms with Gasteiger partial charge in [-0.1, -0.05) is 31.5 Å². The fraction of sp³-hybridized carbons (Fsp3) is 0.500. The maximum absolute atomic E-state index is 6.48. The smallest absolute Gasteiger partial charge is 0.138 e. The highest BCUT2D eigenvalue weighted by atomic mass is 35.5. The number of hydrogen-bond donors (Lipinski definition) is 2. The van der Waals surface area contributed by atoms with Crippen LogP contribution in [0.15, 0.2) is 36.5 Å². The Hall–Kier alpha value is -1.82. The lowest BCUT2D eigenvalue weighted by atomic mass is 9.93. The van der Waals surface area contributed by atoms with E-state index < -0.39 is 0 Å². The van der Waals surface area contributed by atoms with Crippen molar-refractivity contribution < 1.29 is 9.47 Å². The summed E-state index contributed by atoms with van der Waals surface area (Å²) < 4.78 is 11.3. The third kappa shape index (κ3) is 5.84. The molecule has 0 bridgehead atoms. The first kappa shape index (κ1) is 20.9. The Morgan fingerprint density at radius 1 is 1.32 bits per heavy atom. The van der Waals surface area contributed by atoms with E-state index in [4.69, 9.17) is 26.8 Å². The van der Waals surface area contributed by atoms with E-state index in [2.05, 4.69) is 24.1 Å². The molecule has 3 N–H and O–H groups in total. The molecule has 6 heteroatoms. The number of nitrogens with zero attached hydrogens (tertiary/aromatic N) is 1. The van der Waals surface area contributed by atoms with E-state index in [1.165, 1.54) is 0 Å². The number of ether oxygens (including phenoxy) is 2. The molecule has 1 aromatic heterocycles. The first-order valence-electron chi connectivity index (χ1n) is 9.84. The minimum atomic E-state index is -0.383. The molecule has 1 aromatic carbocycles.